The summed E-state index contributed by atoms with van der Waals surface area (Å²) in [6.45, 7) is 4.71. The van der Waals surface area contributed by atoms with E-state index in [1.165, 1.54) is 50.0 Å². The Labute approximate surface area is 122 Å². The number of nitrogens with one attached hydrogen (secondary N) is 1. The number of hydrogen-bond acceptors (Lipinski definition) is 3. The summed E-state index contributed by atoms with van der Waals surface area (Å²) < 4.78 is 0. The topological polar surface area (TPSA) is 35.5 Å². The number of nitrogens with zero attached hydrogens (tertiary/aromatic N) is 1. The Morgan fingerprint density at radius 1 is 1.15 bits per heavy atom. The molecule has 2 N–H and O–H groups in total. The normalized spacial score (nSPS) is 20.4. The molecule has 1 aromatic carbocycles. The van der Waals surface area contributed by atoms with Crippen LogP contribution < -0.4 is 10.2 Å². The quantitative estimate of drug-likeness (QED) is 0.802. The van der Waals surface area contributed by atoms with E-state index in [-0.39, 0.29) is 0 Å². The summed E-state index contributed by atoms with van der Waals surface area (Å²) >= 11 is 0. The highest BCUT2D eigenvalue weighted by molar-refractivity contribution is 5.54. The minimum Gasteiger partial charge on any atom is -0.396 e. The van der Waals surface area contributed by atoms with Gasteiger partial charge in [-0.25, -0.2) is 0 Å². The summed E-state index contributed by atoms with van der Waals surface area (Å²) in [5.74, 6) is 0. The second kappa shape index (κ2) is 6.15. The zero-order valence-corrected chi connectivity index (χ0v) is 12.3. The van der Waals surface area contributed by atoms with Crippen molar-refractivity contribution < 1.29 is 5.11 Å². The van der Waals surface area contributed by atoms with Gasteiger partial charge in [0.05, 0.1) is 0 Å². The fourth-order valence-electron chi connectivity index (χ4n) is 3.32. The molecule has 1 aromatic rings. The number of rotatable bonds is 7. The molecule has 0 unspecified atom stereocenters. The molecule has 1 saturated carbocycles. The third-order valence-corrected chi connectivity index (χ3v) is 4.85. The maximum Gasteiger partial charge on any atom is 0.0436 e. The van der Waals surface area contributed by atoms with E-state index in [0.29, 0.717) is 12.0 Å². The predicted molar refractivity (Wildman–Crippen MR) is 83.0 cm³/mol. The van der Waals surface area contributed by atoms with Crippen molar-refractivity contribution in [2.24, 2.45) is 5.41 Å². The van der Waals surface area contributed by atoms with Crippen LogP contribution in [0, 0.1) is 5.41 Å². The highest BCUT2D eigenvalue weighted by Crippen LogP contribution is 2.47. The monoisotopic (exact) mass is 274 g/mol. The number of aliphatic hydroxyl groups is 1. The molecule has 0 atom stereocenters. The number of anilines is 1. The van der Waals surface area contributed by atoms with Crippen LogP contribution >= 0.6 is 0 Å². The summed E-state index contributed by atoms with van der Waals surface area (Å²) in [4.78, 5) is 2.51. The van der Waals surface area contributed by atoms with Crippen molar-refractivity contribution in [1.82, 2.24) is 5.32 Å². The highest BCUT2D eigenvalue weighted by atomic mass is 16.3. The molecule has 1 aliphatic heterocycles. The van der Waals surface area contributed by atoms with Crippen molar-refractivity contribution >= 4 is 5.69 Å². The van der Waals surface area contributed by atoms with E-state index in [9.17, 15) is 0 Å². The Balaban J connectivity index is 1.57. The average molecular weight is 274 g/mol. The molecule has 0 spiro atoms. The van der Waals surface area contributed by atoms with Crippen LogP contribution in [0.3, 0.4) is 0 Å². The number of para-hydroxylation sites is 1. The van der Waals surface area contributed by atoms with Crippen molar-refractivity contribution in [2.45, 2.75) is 38.6 Å². The van der Waals surface area contributed by atoms with Gasteiger partial charge in [0.25, 0.3) is 0 Å². The Bertz CT molecular complexity index is 436. The predicted octanol–water partition coefficient (Wildman–Crippen LogP) is 2.54. The van der Waals surface area contributed by atoms with Crippen molar-refractivity contribution in [3.05, 3.63) is 29.8 Å². The van der Waals surface area contributed by atoms with Crippen LogP contribution in [0.5, 0.6) is 0 Å². The molecule has 0 amide bonds. The zero-order chi connectivity index (χ0) is 13.8. The first-order chi connectivity index (χ1) is 9.83. The van der Waals surface area contributed by atoms with Gasteiger partial charge in [-0.15, -0.1) is 0 Å². The molecule has 3 heteroatoms. The van der Waals surface area contributed by atoms with Gasteiger partial charge in [0.1, 0.15) is 0 Å². The average Bonchev–Trinajstić information content (AvgIpc) is 3.02. The first-order valence-corrected chi connectivity index (χ1v) is 7.97. The lowest BCUT2D eigenvalue weighted by Gasteiger charge is -2.22. The van der Waals surface area contributed by atoms with Gasteiger partial charge in [-0.2, -0.15) is 0 Å². The standard InChI is InChI=1S/C17H26N2O/c20-12-9-17(7-8-17)14-18-13-15-5-1-2-6-16(15)19-10-3-4-11-19/h1-2,5-6,18,20H,3-4,7-14H2. The van der Waals surface area contributed by atoms with Crippen molar-refractivity contribution in [1.29, 1.82) is 0 Å². The molecule has 0 aromatic heterocycles. The number of hydrogen-bond donors (Lipinski definition) is 2. The second-order valence-corrected chi connectivity index (χ2v) is 6.40. The third kappa shape index (κ3) is 3.15. The van der Waals surface area contributed by atoms with E-state index in [1.54, 1.807) is 0 Å². The lowest BCUT2D eigenvalue weighted by atomic mass is 10.0. The fourth-order valence-corrected chi connectivity index (χ4v) is 3.32. The molecule has 0 radical (unpaired) electrons. The van der Waals surface area contributed by atoms with E-state index < -0.39 is 0 Å². The van der Waals surface area contributed by atoms with Gasteiger partial charge in [0.2, 0.25) is 0 Å². The van der Waals surface area contributed by atoms with Crippen LogP contribution in [-0.2, 0) is 6.54 Å². The Hall–Kier alpha value is -1.06. The Morgan fingerprint density at radius 3 is 2.60 bits per heavy atom. The van der Waals surface area contributed by atoms with Gasteiger partial charge in [-0.3, -0.25) is 0 Å². The summed E-state index contributed by atoms with van der Waals surface area (Å²) in [5.41, 5.74) is 3.22. The largest absolute Gasteiger partial charge is 0.396 e. The minimum atomic E-state index is 0.325. The molecule has 3 rings (SSSR count). The maximum atomic E-state index is 9.11. The van der Waals surface area contributed by atoms with E-state index in [4.69, 9.17) is 5.11 Å². The van der Waals surface area contributed by atoms with E-state index in [0.717, 1.165) is 19.5 Å². The van der Waals surface area contributed by atoms with Gasteiger partial charge < -0.3 is 15.3 Å². The van der Waals surface area contributed by atoms with E-state index in [2.05, 4.69) is 34.5 Å². The minimum absolute atomic E-state index is 0.325. The molecule has 2 fully saturated rings. The van der Waals surface area contributed by atoms with Gasteiger partial charge in [-0.05, 0) is 49.1 Å². The summed E-state index contributed by atoms with van der Waals surface area (Å²) in [7, 11) is 0. The number of benzene rings is 1. The molecule has 1 aliphatic carbocycles. The fraction of sp³-hybridized carbons (Fsp3) is 0.647. The van der Waals surface area contributed by atoms with Crippen molar-refractivity contribution in [2.75, 3.05) is 31.1 Å². The third-order valence-electron chi connectivity index (χ3n) is 4.85. The molecule has 1 saturated heterocycles. The van der Waals surface area contributed by atoms with Gasteiger partial charge in [-0.1, -0.05) is 18.2 Å². The summed E-state index contributed by atoms with van der Waals surface area (Å²) in [6, 6.07) is 8.78. The smallest absolute Gasteiger partial charge is 0.0436 e. The van der Waals surface area contributed by atoms with Crippen LogP contribution in [0.1, 0.15) is 37.7 Å². The van der Waals surface area contributed by atoms with Gasteiger partial charge in [0.15, 0.2) is 0 Å². The number of aliphatic hydroxyl groups excluding tert-OH is 1. The van der Waals surface area contributed by atoms with E-state index in [1.807, 2.05) is 0 Å². The van der Waals surface area contributed by atoms with Crippen LogP contribution in [0.2, 0.25) is 0 Å². The Kier molecular flexibility index (Phi) is 4.27. The molecule has 110 valence electrons. The first-order valence-electron chi connectivity index (χ1n) is 7.97. The highest BCUT2D eigenvalue weighted by Gasteiger charge is 2.41. The SMILES string of the molecule is OCCC1(CNCc2ccccc2N2CCCC2)CC1. The van der Waals surface area contributed by atoms with E-state index >= 15 is 0 Å². The van der Waals surface area contributed by atoms with Crippen molar-refractivity contribution in [3.63, 3.8) is 0 Å². The first kappa shape index (κ1) is 13.9. The van der Waals surface area contributed by atoms with Crippen LogP contribution in [0.4, 0.5) is 5.69 Å². The molecular formula is C17H26N2O. The molecule has 2 aliphatic rings. The maximum absolute atomic E-state index is 9.11. The molecule has 3 nitrogen and oxygen atoms in total. The summed E-state index contributed by atoms with van der Waals surface area (Å²) in [5, 5.41) is 12.7. The lowest BCUT2D eigenvalue weighted by Crippen LogP contribution is -2.26. The van der Waals surface area contributed by atoms with Crippen LogP contribution in [-0.4, -0.2) is 31.3 Å². The lowest BCUT2D eigenvalue weighted by molar-refractivity contribution is 0.245. The molecule has 20 heavy (non-hydrogen) atoms. The molecule has 0 bridgehead atoms. The van der Waals surface area contributed by atoms with Crippen LogP contribution in [0.25, 0.3) is 0 Å². The van der Waals surface area contributed by atoms with Crippen LogP contribution in [0.15, 0.2) is 24.3 Å². The van der Waals surface area contributed by atoms with Gasteiger partial charge >= 0.3 is 0 Å². The Morgan fingerprint density at radius 2 is 1.90 bits per heavy atom. The molecule has 1 heterocycles. The summed E-state index contributed by atoms with van der Waals surface area (Å²) in [6.07, 6.45) is 6.14. The second-order valence-electron chi connectivity index (χ2n) is 6.40. The molecular weight excluding hydrogens is 248 g/mol. The van der Waals surface area contributed by atoms with Gasteiger partial charge in [0, 0.05) is 38.5 Å². The zero-order valence-electron chi connectivity index (χ0n) is 12.3. The van der Waals surface area contributed by atoms with Crippen molar-refractivity contribution in [3.8, 4) is 0 Å².